The van der Waals surface area contributed by atoms with Gasteiger partial charge in [0.05, 0.1) is 29.0 Å². The highest BCUT2D eigenvalue weighted by atomic mass is 16.2. The molecule has 8 heteroatoms. The van der Waals surface area contributed by atoms with E-state index in [4.69, 9.17) is 0 Å². The molecule has 3 heterocycles. The lowest BCUT2D eigenvalue weighted by molar-refractivity contribution is -0.126. The quantitative estimate of drug-likeness (QED) is 0.508. The molecule has 4 aromatic rings. The van der Waals surface area contributed by atoms with Crippen molar-refractivity contribution < 1.29 is 9.59 Å². The van der Waals surface area contributed by atoms with E-state index in [9.17, 15) is 9.59 Å². The topological polar surface area (TPSA) is 107 Å². The Kier molecular flexibility index (Phi) is 3.82. The molecule has 1 unspecified atom stereocenters. The molecule has 1 fully saturated rings. The molecule has 0 radical (unpaired) electrons. The Bertz CT molecular complexity index is 1160. The van der Waals surface area contributed by atoms with Gasteiger partial charge in [-0.1, -0.05) is 24.3 Å². The molecular weight excluding hydrogens is 356 g/mol. The molecule has 2 amide bonds. The summed E-state index contributed by atoms with van der Waals surface area (Å²) in [7, 11) is 0. The number of benzene rings is 2. The molecular formula is C20H18N6O2. The normalized spacial score (nSPS) is 16.9. The number of nitrogens with zero attached hydrogens (tertiary/aromatic N) is 3. The zero-order valence-corrected chi connectivity index (χ0v) is 15.0. The van der Waals surface area contributed by atoms with Crippen LogP contribution in [0.4, 0.5) is 5.82 Å². The lowest BCUT2D eigenvalue weighted by Gasteiger charge is -2.14. The number of carbonyl (C=O) groups is 2. The van der Waals surface area contributed by atoms with Crippen LogP contribution >= 0.6 is 0 Å². The van der Waals surface area contributed by atoms with E-state index in [0.717, 1.165) is 21.9 Å². The van der Waals surface area contributed by atoms with Crippen molar-refractivity contribution in [1.29, 1.82) is 0 Å². The number of hydrogen-bond donors (Lipinski definition) is 3. The van der Waals surface area contributed by atoms with Crippen molar-refractivity contribution in [1.82, 2.24) is 25.5 Å². The minimum Gasteiger partial charge on any atom is -0.349 e. The average Bonchev–Trinajstić information content (AvgIpc) is 3.41. The Morgan fingerprint density at radius 3 is 2.79 bits per heavy atom. The van der Waals surface area contributed by atoms with E-state index in [1.807, 2.05) is 48.5 Å². The predicted molar refractivity (Wildman–Crippen MR) is 104 cm³/mol. The Morgan fingerprint density at radius 1 is 1.14 bits per heavy atom. The summed E-state index contributed by atoms with van der Waals surface area (Å²) in [5.74, 6) is 0.604. The SMILES string of the molecule is O=C(NCc1nc2ccccc2[nH]1)C1CC(=O)N(c2n[nH]c3ccccc23)C1. The molecule has 2 aromatic heterocycles. The fourth-order valence-electron chi connectivity index (χ4n) is 3.65. The molecule has 8 nitrogen and oxygen atoms in total. The maximum atomic E-state index is 12.6. The number of H-pyrrole nitrogens is 2. The van der Waals surface area contributed by atoms with Crippen LogP contribution in [0.25, 0.3) is 21.9 Å². The van der Waals surface area contributed by atoms with Crippen LogP contribution < -0.4 is 10.2 Å². The van der Waals surface area contributed by atoms with E-state index < -0.39 is 5.92 Å². The van der Waals surface area contributed by atoms with Crippen molar-refractivity contribution in [2.24, 2.45) is 5.92 Å². The van der Waals surface area contributed by atoms with Crippen LogP contribution in [0, 0.1) is 5.92 Å². The van der Waals surface area contributed by atoms with Gasteiger partial charge < -0.3 is 10.3 Å². The molecule has 2 aromatic carbocycles. The van der Waals surface area contributed by atoms with Crippen molar-refractivity contribution in [3.8, 4) is 0 Å². The molecule has 0 aliphatic carbocycles. The monoisotopic (exact) mass is 374 g/mol. The maximum absolute atomic E-state index is 12.6. The lowest BCUT2D eigenvalue weighted by atomic mass is 10.1. The Labute approximate surface area is 159 Å². The highest BCUT2D eigenvalue weighted by Gasteiger charge is 2.36. The van der Waals surface area contributed by atoms with Gasteiger partial charge in [0.1, 0.15) is 5.82 Å². The molecule has 0 saturated carbocycles. The second-order valence-corrected chi connectivity index (χ2v) is 6.92. The Hall–Kier alpha value is -3.68. The summed E-state index contributed by atoms with van der Waals surface area (Å²) in [5, 5.41) is 11.0. The third-order valence-electron chi connectivity index (χ3n) is 5.07. The second kappa shape index (κ2) is 6.49. The van der Waals surface area contributed by atoms with Crippen molar-refractivity contribution in [2.75, 3.05) is 11.4 Å². The number of fused-ring (bicyclic) bond motifs is 2. The summed E-state index contributed by atoms with van der Waals surface area (Å²) in [4.78, 5) is 34.3. The number of rotatable bonds is 4. The maximum Gasteiger partial charge on any atom is 0.229 e. The van der Waals surface area contributed by atoms with Crippen LogP contribution in [0.15, 0.2) is 48.5 Å². The van der Waals surface area contributed by atoms with Gasteiger partial charge in [-0.25, -0.2) is 4.98 Å². The number of para-hydroxylation sites is 3. The summed E-state index contributed by atoms with van der Waals surface area (Å²) >= 11 is 0. The number of aromatic amines is 2. The third-order valence-corrected chi connectivity index (χ3v) is 5.07. The smallest absolute Gasteiger partial charge is 0.229 e. The standard InChI is InChI=1S/C20H18N6O2/c27-18-9-12(11-26(18)19-13-5-1-2-6-14(13)24-25-19)20(28)21-10-17-22-15-7-3-4-8-16(15)23-17/h1-8,12H,9-11H2,(H,21,28)(H,22,23)(H,24,25). The summed E-state index contributed by atoms with van der Waals surface area (Å²) in [6.07, 6.45) is 0.174. The average molecular weight is 374 g/mol. The number of amides is 2. The Balaban J connectivity index is 1.28. The van der Waals surface area contributed by atoms with Gasteiger partial charge >= 0.3 is 0 Å². The highest BCUT2D eigenvalue weighted by Crippen LogP contribution is 2.29. The van der Waals surface area contributed by atoms with Gasteiger partial charge in [-0.15, -0.1) is 0 Å². The molecule has 1 aliphatic heterocycles. The van der Waals surface area contributed by atoms with Crippen LogP contribution in [0.3, 0.4) is 0 Å². The molecule has 3 N–H and O–H groups in total. The fourth-order valence-corrected chi connectivity index (χ4v) is 3.65. The van der Waals surface area contributed by atoms with Crippen LogP contribution in [0.1, 0.15) is 12.2 Å². The van der Waals surface area contributed by atoms with Gasteiger partial charge in [-0.05, 0) is 24.3 Å². The van der Waals surface area contributed by atoms with Gasteiger partial charge in [0.2, 0.25) is 11.8 Å². The van der Waals surface area contributed by atoms with Gasteiger partial charge in [0.25, 0.3) is 0 Å². The Morgan fingerprint density at radius 2 is 1.93 bits per heavy atom. The first-order chi connectivity index (χ1) is 13.7. The molecule has 0 spiro atoms. The van der Waals surface area contributed by atoms with E-state index in [1.54, 1.807) is 4.90 Å². The molecule has 1 aliphatic rings. The predicted octanol–water partition coefficient (Wildman–Crippen LogP) is 2.11. The van der Waals surface area contributed by atoms with Crippen molar-refractivity contribution in [3.05, 3.63) is 54.4 Å². The van der Waals surface area contributed by atoms with Crippen molar-refractivity contribution in [2.45, 2.75) is 13.0 Å². The minimum absolute atomic E-state index is 0.0962. The van der Waals surface area contributed by atoms with E-state index in [1.165, 1.54) is 0 Å². The number of nitrogens with one attached hydrogen (secondary N) is 3. The summed E-state index contributed by atoms with van der Waals surface area (Å²) in [5.41, 5.74) is 2.65. The number of anilines is 1. The third kappa shape index (κ3) is 2.79. The zero-order chi connectivity index (χ0) is 19.1. The van der Waals surface area contributed by atoms with Gasteiger partial charge in [-0.3, -0.25) is 19.6 Å². The summed E-state index contributed by atoms with van der Waals surface area (Å²) < 4.78 is 0. The summed E-state index contributed by atoms with van der Waals surface area (Å²) in [6.45, 7) is 0.614. The van der Waals surface area contributed by atoms with Crippen LogP contribution in [-0.4, -0.2) is 38.5 Å². The molecule has 1 saturated heterocycles. The van der Waals surface area contributed by atoms with Crippen molar-refractivity contribution >= 4 is 39.6 Å². The second-order valence-electron chi connectivity index (χ2n) is 6.92. The molecule has 0 bridgehead atoms. The number of aromatic nitrogens is 4. The molecule has 1 atom stereocenters. The van der Waals surface area contributed by atoms with Crippen molar-refractivity contribution in [3.63, 3.8) is 0 Å². The fraction of sp³-hybridized carbons (Fsp3) is 0.200. The summed E-state index contributed by atoms with van der Waals surface area (Å²) in [6, 6.07) is 15.3. The number of carbonyl (C=O) groups excluding carboxylic acids is 2. The first-order valence-corrected chi connectivity index (χ1v) is 9.14. The molecule has 5 rings (SSSR count). The highest BCUT2D eigenvalue weighted by molar-refractivity contribution is 6.05. The number of hydrogen-bond acceptors (Lipinski definition) is 4. The molecule has 140 valence electrons. The van der Waals surface area contributed by atoms with E-state index in [2.05, 4.69) is 25.5 Å². The zero-order valence-electron chi connectivity index (χ0n) is 15.0. The number of imidazole rings is 1. The van der Waals surface area contributed by atoms with E-state index in [0.29, 0.717) is 24.7 Å². The van der Waals surface area contributed by atoms with Crippen LogP contribution in [0.2, 0.25) is 0 Å². The lowest BCUT2D eigenvalue weighted by Crippen LogP contribution is -2.33. The van der Waals surface area contributed by atoms with E-state index in [-0.39, 0.29) is 18.2 Å². The van der Waals surface area contributed by atoms with E-state index >= 15 is 0 Å². The van der Waals surface area contributed by atoms with Gasteiger partial charge in [-0.2, -0.15) is 5.10 Å². The van der Waals surface area contributed by atoms with Gasteiger partial charge in [0, 0.05) is 18.4 Å². The first-order valence-electron chi connectivity index (χ1n) is 9.14. The minimum atomic E-state index is -0.410. The van der Waals surface area contributed by atoms with Gasteiger partial charge in [0.15, 0.2) is 5.82 Å². The first kappa shape index (κ1) is 16.5. The van der Waals surface area contributed by atoms with Crippen LogP contribution in [0.5, 0.6) is 0 Å². The largest absolute Gasteiger partial charge is 0.349 e. The van der Waals surface area contributed by atoms with Crippen LogP contribution in [-0.2, 0) is 16.1 Å². The molecule has 28 heavy (non-hydrogen) atoms.